The number of thioether (sulfide) groups is 1. The molecule has 4 rings (SSSR count). The van der Waals surface area contributed by atoms with E-state index in [1.807, 2.05) is 25.6 Å². The number of nitrogens with two attached hydrogens (primary N) is 1. The first-order valence-electron chi connectivity index (χ1n) is 14.1. The van der Waals surface area contributed by atoms with Crippen LogP contribution in [0, 0.1) is 40.4 Å². The first-order valence-corrected chi connectivity index (χ1v) is 15.1. The van der Waals surface area contributed by atoms with Crippen molar-refractivity contribution in [1.82, 2.24) is 10.7 Å². The van der Waals surface area contributed by atoms with Crippen molar-refractivity contribution in [3.63, 3.8) is 0 Å². The van der Waals surface area contributed by atoms with E-state index < -0.39 is 0 Å². The number of nitrogens with one attached hydrogen (secondary N) is 2. The second-order valence-electron chi connectivity index (χ2n) is 12.4. The van der Waals surface area contributed by atoms with Gasteiger partial charge in [0.25, 0.3) is 0 Å². The number of hydrogen-bond donors (Lipinski definition) is 4. The summed E-state index contributed by atoms with van der Waals surface area (Å²) in [5, 5.41) is 15.0. The molecule has 4 saturated carbocycles. The number of hydrogen-bond acceptors (Lipinski definition) is 4. The maximum Gasteiger partial charge on any atom is 0.206 e. The lowest BCUT2D eigenvalue weighted by molar-refractivity contribution is -0.164. The third-order valence-electron chi connectivity index (χ3n) is 10.7. The summed E-state index contributed by atoms with van der Waals surface area (Å²) in [6, 6.07) is 0. The van der Waals surface area contributed by atoms with Gasteiger partial charge >= 0.3 is 0 Å². The van der Waals surface area contributed by atoms with Crippen LogP contribution in [-0.2, 0) is 0 Å². The van der Waals surface area contributed by atoms with Crippen molar-refractivity contribution >= 4 is 17.7 Å². The van der Waals surface area contributed by atoms with Crippen LogP contribution in [0.25, 0.3) is 0 Å². The molecule has 0 bridgehead atoms. The third kappa shape index (κ3) is 5.16. The van der Waals surface area contributed by atoms with Gasteiger partial charge in [-0.3, -0.25) is 10.4 Å². The highest BCUT2D eigenvalue weighted by Crippen LogP contribution is 2.68. The molecule has 0 saturated heterocycles. The van der Waals surface area contributed by atoms with Gasteiger partial charge in [-0.15, -0.1) is 11.8 Å². The summed E-state index contributed by atoms with van der Waals surface area (Å²) >= 11 is 1.93. The summed E-state index contributed by atoms with van der Waals surface area (Å²) in [4.78, 5) is 4.10. The molecule has 198 valence electrons. The predicted molar refractivity (Wildman–Crippen MR) is 148 cm³/mol. The number of guanidine groups is 1. The van der Waals surface area contributed by atoms with Gasteiger partial charge in [-0.25, -0.2) is 5.84 Å². The molecular formula is C28H54N4OS. The van der Waals surface area contributed by atoms with Crippen molar-refractivity contribution in [2.45, 2.75) is 117 Å². The molecule has 4 aliphatic carbocycles. The highest BCUT2D eigenvalue weighted by molar-refractivity contribution is 8.00. The maximum atomic E-state index is 11.7. The third-order valence-corrected chi connectivity index (χ3v) is 11.9. The number of fused-ring (bicyclic) bond motifs is 5. The molecule has 0 spiro atoms. The second-order valence-corrected chi connectivity index (χ2v) is 14.1. The lowest BCUT2D eigenvalue weighted by Crippen LogP contribution is -2.58. The number of aliphatic hydroxyl groups is 1. The van der Waals surface area contributed by atoms with Crippen molar-refractivity contribution < 1.29 is 5.11 Å². The van der Waals surface area contributed by atoms with Gasteiger partial charge in [0.2, 0.25) is 5.96 Å². The molecule has 5 N–H and O–H groups in total. The van der Waals surface area contributed by atoms with Gasteiger partial charge in [0.05, 0.1) is 12.0 Å². The van der Waals surface area contributed by atoms with Crippen LogP contribution in [0.1, 0.15) is 106 Å². The summed E-state index contributed by atoms with van der Waals surface area (Å²) in [5.74, 6) is 10.7. The van der Waals surface area contributed by atoms with Crippen LogP contribution < -0.4 is 16.6 Å². The molecule has 8 atom stereocenters. The Kier molecular flexibility index (Phi) is 9.34. The molecule has 0 radical (unpaired) electrons. The molecule has 0 aromatic rings. The van der Waals surface area contributed by atoms with E-state index in [0.717, 1.165) is 36.5 Å². The summed E-state index contributed by atoms with van der Waals surface area (Å²) in [6.45, 7) is 13.8. The minimum absolute atomic E-state index is 0.0825. The lowest BCUT2D eigenvalue weighted by Gasteiger charge is -2.62. The smallest absolute Gasteiger partial charge is 0.206 e. The van der Waals surface area contributed by atoms with E-state index in [1.165, 1.54) is 51.4 Å². The number of nitrogens with zero attached hydrogens (tertiary/aromatic N) is 1. The lowest BCUT2D eigenvalue weighted by atomic mass is 9.44. The van der Waals surface area contributed by atoms with Crippen molar-refractivity contribution in [1.29, 1.82) is 0 Å². The largest absolute Gasteiger partial charge is 0.393 e. The monoisotopic (exact) mass is 494 g/mol. The fraction of sp³-hybridized carbons (Fsp3) is 0.964. The van der Waals surface area contributed by atoms with E-state index in [1.54, 1.807) is 7.05 Å². The van der Waals surface area contributed by atoms with Gasteiger partial charge in [-0.05, 0) is 91.8 Å². The number of aliphatic imine (C=N–C) groups is 1. The zero-order valence-corrected chi connectivity index (χ0v) is 23.9. The van der Waals surface area contributed by atoms with Crippen LogP contribution in [0.2, 0.25) is 0 Å². The van der Waals surface area contributed by atoms with E-state index in [-0.39, 0.29) is 16.3 Å². The average Bonchev–Trinajstić information content (AvgIpc) is 3.15. The molecule has 8 unspecified atom stereocenters. The normalized spacial score (nSPS) is 42.0. The molecular weight excluding hydrogens is 440 g/mol. The Morgan fingerprint density at radius 1 is 1.09 bits per heavy atom. The topological polar surface area (TPSA) is 82.7 Å². The summed E-state index contributed by atoms with van der Waals surface area (Å²) in [6.07, 6.45) is 13.2. The zero-order valence-electron chi connectivity index (χ0n) is 23.1. The Morgan fingerprint density at radius 2 is 1.82 bits per heavy atom. The minimum atomic E-state index is -0.141. The molecule has 0 amide bonds. The standard InChI is InChI=1S/C26H48N4OS.C2H6/c1-24(2,32-16-29-23(28-5)30-27)15-18-10-12-20-19-11-9-17-8-6-7-13-25(17,3)21(19)14-22(31)26(18,20)4;1-2/h17-22,31H,6-16,27H2,1-5H3,(H2,28,29,30);1-2H3. The Balaban J connectivity index is 0.00000158. The SMILES string of the molecule is CC.CN=C(NN)NCSC(C)(C)CC1CCC2C3CCC4CCCCC4(C)C3CC(O)C12C. The van der Waals surface area contributed by atoms with Crippen molar-refractivity contribution in [2.24, 2.45) is 51.3 Å². The molecule has 5 nitrogen and oxygen atoms in total. The zero-order chi connectivity index (χ0) is 25.1. The van der Waals surface area contributed by atoms with Crippen LogP contribution in [0.4, 0.5) is 0 Å². The summed E-state index contributed by atoms with van der Waals surface area (Å²) < 4.78 is 0.145. The number of rotatable bonds is 5. The highest BCUT2D eigenvalue weighted by Gasteiger charge is 2.63. The van der Waals surface area contributed by atoms with Gasteiger partial charge < -0.3 is 10.4 Å². The fourth-order valence-corrected chi connectivity index (χ4v) is 9.78. The Labute approximate surface area is 214 Å². The Morgan fingerprint density at radius 3 is 2.50 bits per heavy atom. The van der Waals surface area contributed by atoms with Crippen molar-refractivity contribution in [3.05, 3.63) is 0 Å². The van der Waals surface area contributed by atoms with E-state index in [0.29, 0.717) is 23.2 Å². The molecule has 4 aliphatic rings. The maximum absolute atomic E-state index is 11.7. The molecule has 0 aliphatic heterocycles. The van der Waals surface area contributed by atoms with Crippen LogP contribution in [0.15, 0.2) is 4.99 Å². The van der Waals surface area contributed by atoms with E-state index in [4.69, 9.17) is 5.84 Å². The molecule has 0 aromatic carbocycles. The predicted octanol–water partition coefficient (Wildman–Crippen LogP) is 5.93. The van der Waals surface area contributed by atoms with Gasteiger partial charge in [-0.2, -0.15) is 0 Å². The minimum Gasteiger partial charge on any atom is -0.393 e. The second kappa shape index (κ2) is 11.3. The molecule has 34 heavy (non-hydrogen) atoms. The Hall–Kier alpha value is -0.460. The first-order chi connectivity index (χ1) is 16.2. The van der Waals surface area contributed by atoms with Crippen LogP contribution >= 0.6 is 11.8 Å². The van der Waals surface area contributed by atoms with Crippen molar-refractivity contribution in [3.8, 4) is 0 Å². The molecule has 0 heterocycles. The quantitative estimate of drug-likeness (QED) is 0.125. The van der Waals surface area contributed by atoms with Crippen LogP contribution in [0.5, 0.6) is 0 Å². The molecule has 0 aromatic heterocycles. The fourth-order valence-electron chi connectivity index (χ4n) is 8.87. The van der Waals surface area contributed by atoms with E-state index in [2.05, 4.69) is 43.4 Å². The van der Waals surface area contributed by atoms with Gasteiger partial charge in [0.1, 0.15) is 0 Å². The van der Waals surface area contributed by atoms with Crippen LogP contribution in [0.3, 0.4) is 0 Å². The van der Waals surface area contributed by atoms with Crippen LogP contribution in [-0.4, -0.2) is 34.8 Å². The van der Waals surface area contributed by atoms with E-state index in [9.17, 15) is 5.11 Å². The molecule has 6 heteroatoms. The number of hydrazine groups is 1. The summed E-state index contributed by atoms with van der Waals surface area (Å²) in [5.41, 5.74) is 3.17. The van der Waals surface area contributed by atoms with Crippen molar-refractivity contribution in [2.75, 3.05) is 12.9 Å². The molecule has 4 fully saturated rings. The van der Waals surface area contributed by atoms with Gasteiger partial charge in [0, 0.05) is 11.8 Å². The Bertz CT molecular complexity index is 700. The number of aliphatic hydroxyl groups excluding tert-OH is 1. The first kappa shape index (κ1) is 28.1. The van der Waals surface area contributed by atoms with Gasteiger partial charge in [-0.1, -0.05) is 54.4 Å². The van der Waals surface area contributed by atoms with E-state index >= 15 is 0 Å². The average molecular weight is 495 g/mol. The van der Waals surface area contributed by atoms with Gasteiger partial charge in [0.15, 0.2) is 0 Å². The highest BCUT2D eigenvalue weighted by atomic mass is 32.2. The summed E-state index contributed by atoms with van der Waals surface area (Å²) in [7, 11) is 1.73.